The highest BCUT2D eigenvalue weighted by atomic mass is 32.1. The molecule has 0 spiro atoms. The molecule has 1 atom stereocenters. The van der Waals surface area contributed by atoms with Crippen LogP contribution in [0.1, 0.15) is 16.7 Å². The zero-order valence-electron chi connectivity index (χ0n) is 8.84. The van der Waals surface area contributed by atoms with Crippen LogP contribution < -0.4 is 11.1 Å². The molecule has 1 aromatic rings. The Morgan fingerprint density at radius 3 is 2.82 bits per heavy atom. The predicted molar refractivity (Wildman–Crippen MR) is 58.0 cm³/mol. The summed E-state index contributed by atoms with van der Waals surface area (Å²) in [6.45, 7) is 1.36. The van der Waals surface area contributed by atoms with E-state index in [2.05, 4.69) is 15.5 Å². The highest BCUT2D eigenvalue weighted by molar-refractivity contribution is 7.16. The first-order chi connectivity index (χ1) is 7.99. The molecule has 1 aromatic heterocycles. The average Bonchev–Trinajstić information content (AvgIpc) is 2.69. The minimum Gasteiger partial charge on any atom is -0.374 e. The summed E-state index contributed by atoms with van der Waals surface area (Å²) < 4.78 is 0. The molecule has 1 fully saturated rings. The number of hydrogen-bond acceptors (Lipinski definition) is 7. The topological polar surface area (TPSA) is 118 Å². The number of nitrogens with zero attached hydrogens (tertiary/aromatic N) is 3. The number of anilines is 1. The summed E-state index contributed by atoms with van der Waals surface area (Å²) in [5.74, 6) is -1.54. The van der Waals surface area contributed by atoms with Gasteiger partial charge in [-0.2, -0.15) is 0 Å². The van der Waals surface area contributed by atoms with E-state index in [9.17, 15) is 14.4 Å². The maximum atomic E-state index is 12.0. The van der Waals surface area contributed by atoms with Gasteiger partial charge >= 0.3 is 0 Å². The van der Waals surface area contributed by atoms with E-state index in [1.54, 1.807) is 0 Å². The predicted octanol–water partition coefficient (Wildman–Crippen LogP) is -1.39. The van der Waals surface area contributed by atoms with Crippen LogP contribution >= 0.6 is 11.3 Å². The number of imide groups is 1. The molecule has 1 saturated heterocycles. The van der Waals surface area contributed by atoms with Crippen LogP contribution in [0, 0.1) is 0 Å². The Morgan fingerprint density at radius 1 is 1.53 bits per heavy atom. The quantitative estimate of drug-likeness (QED) is 0.596. The second-order valence-electron chi connectivity index (χ2n) is 3.47. The molecule has 2 rings (SSSR count). The van der Waals surface area contributed by atoms with E-state index in [0.29, 0.717) is 0 Å². The molecule has 0 bridgehead atoms. The summed E-state index contributed by atoms with van der Waals surface area (Å²) in [5.41, 5.74) is 5.36. The second-order valence-corrected chi connectivity index (χ2v) is 4.48. The van der Waals surface area contributed by atoms with Gasteiger partial charge in [-0.25, -0.2) is 0 Å². The summed E-state index contributed by atoms with van der Waals surface area (Å²) in [7, 11) is 0. The van der Waals surface area contributed by atoms with Gasteiger partial charge in [-0.05, 0) is 6.92 Å². The van der Waals surface area contributed by atoms with Gasteiger partial charge in [0.2, 0.25) is 22.0 Å². The third-order valence-corrected chi connectivity index (χ3v) is 3.05. The number of carbonyl (C=O) groups excluding carboxylic acids is 3. The number of amides is 3. The van der Waals surface area contributed by atoms with Gasteiger partial charge in [0.25, 0.3) is 5.91 Å². The van der Waals surface area contributed by atoms with Gasteiger partial charge in [0.1, 0.15) is 12.6 Å². The van der Waals surface area contributed by atoms with E-state index in [1.807, 2.05) is 0 Å². The van der Waals surface area contributed by atoms with Crippen molar-refractivity contribution in [2.24, 2.45) is 0 Å². The van der Waals surface area contributed by atoms with Crippen LogP contribution in [0.4, 0.5) is 5.13 Å². The first kappa shape index (κ1) is 11.5. The van der Waals surface area contributed by atoms with Crippen LogP contribution in [0.25, 0.3) is 0 Å². The molecule has 0 saturated carbocycles. The van der Waals surface area contributed by atoms with Crippen LogP contribution in [-0.4, -0.2) is 45.4 Å². The first-order valence-electron chi connectivity index (χ1n) is 4.72. The normalized spacial score (nSPS) is 20.3. The van der Waals surface area contributed by atoms with Crippen molar-refractivity contribution in [3.05, 3.63) is 5.01 Å². The van der Waals surface area contributed by atoms with Gasteiger partial charge < -0.3 is 10.6 Å². The fourth-order valence-corrected chi connectivity index (χ4v) is 1.97. The maximum Gasteiger partial charge on any atom is 0.286 e. The molecule has 1 aliphatic rings. The molecule has 0 aliphatic carbocycles. The number of nitrogens with one attached hydrogen (secondary N) is 1. The summed E-state index contributed by atoms with van der Waals surface area (Å²) in [6.07, 6.45) is 0. The molecule has 0 aromatic carbocycles. The van der Waals surface area contributed by atoms with Gasteiger partial charge in [0.15, 0.2) is 0 Å². The molecule has 1 aliphatic heterocycles. The maximum absolute atomic E-state index is 12.0. The van der Waals surface area contributed by atoms with Crippen LogP contribution in [0.2, 0.25) is 0 Å². The van der Waals surface area contributed by atoms with Crippen LogP contribution in [0.3, 0.4) is 0 Å². The van der Waals surface area contributed by atoms with E-state index >= 15 is 0 Å². The van der Waals surface area contributed by atoms with Crippen molar-refractivity contribution in [2.75, 3.05) is 12.3 Å². The number of carbonyl (C=O) groups is 3. The molecule has 3 amide bonds. The van der Waals surface area contributed by atoms with Crippen molar-refractivity contribution in [1.29, 1.82) is 0 Å². The standard InChI is InChI=1S/C8H9N5O3S/c1-3-5(15)10-4(14)2-13(3)7(16)6-11-12-8(9)17-6/h3H,2H2,1H3,(H2,9,12)(H,10,14,15). The first-order valence-corrected chi connectivity index (χ1v) is 5.54. The molecule has 1 unspecified atom stereocenters. The Hall–Kier alpha value is -2.03. The molecule has 90 valence electrons. The van der Waals surface area contributed by atoms with E-state index < -0.39 is 23.8 Å². The molecule has 9 heteroatoms. The molecule has 0 radical (unpaired) electrons. The SMILES string of the molecule is CC1C(=O)NC(=O)CN1C(=O)c1nnc(N)s1. The molecule has 8 nitrogen and oxygen atoms in total. The van der Waals surface area contributed by atoms with Crippen LogP contribution in [0.5, 0.6) is 0 Å². The lowest BCUT2D eigenvalue weighted by atomic mass is 10.2. The Labute approximate surface area is 99.8 Å². The van der Waals surface area contributed by atoms with E-state index in [-0.39, 0.29) is 16.7 Å². The van der Waals surface area contributed by atoms with Crippen molar-refractivity contribution < 1.29 is 14.4 Å². The van der Waals surface area contributed by atoms with E-state index in [4.69, 9.17) is 5.73 Å². The lowest BCUT2D eigenvalue weighted by molar-refractivity contribution is -0.138. The molecular weight excluding hydrogens is 246 g/mol. The van der Waals surface area contributed by atoms with Crippen LogP contribution in [-0.2, 0) is 9.59 Å². The van der Waals surface area contributed by atoms with Crippen molar-refractivity contribution in [2.45, 2.75) is 13.0 Å². The van der Waals surface area contributed by atoms with Gasteiger partial charge in [-0.3, -0.25) is 19.7 Å². The third-order valence-electron chi connectivity index (χ3n) is 2.31. The molecule has 2 heterocycles. The number of rotatable bonds is 1. The average molecular weight is 255 g/mol. The number of nitrogen functional groups attached to an aromatic ring is 1. The zero-order valence-corrected chi connectivity index (χ0v) is 9.65. The molecular formula is C8H9N5O3S. The van der Waals surface area contributed by atoms with E-state index in [0.717, 1.165) is 16.2 Å². The monoisotopic (exact) mass is 255 g/mol. The Bertz CT molecular complexity index is 499. The Kier molecular flexibility index (Phi) is 2.76. The van der Waals surface area contributed by atoms with E-state index in [1.165, 1.54) is 6.92 Å². The molecule has 17 heavy (non-hydrogen) atoms. The molecule has 3 N–H and O–H groups in total. The number of hydrogen-bond donors (Lipinski definition) is 2. The largest absolute Gasteiger partial charge is 0.374 e. The number of aromatic nitrogens is 2. The highest BCUT2D eigenvalue weighted by Crippen LogP contribution is 2.16. The Morgan fingerprint density at radius 2 is 2.24 bits per heavy atom. The minimum absolute atomic E-state index is 0.0665. The smallest absolute Gasteiger partial charge is 0.286 e. The van der Waals surface area contributed by atoms with Crippen molar-refractivity contribution in [3.63, 3.8) is 0 Å². The lowest BCUT2D eigenvalue weighted by Crippen LogP contribution is -2.58. The summed E-state index contributed by atoms with van der Waals surface area (Å²) in [5, 5.41) is 9.46. The number of nitrogens with two attached hydrogens (primary N) is 1. The number of piperazine rings is 1. The minimum atomic E-state index is -0.717. The Balaban J connectivity index is 2.24. The van der Waals surface area contributed by atoms with Crippen molar-refractivity contribution in [1.82, 2.24) is 20.4 Å². The van der Waals surface area contributed by atoms with Crippen molar-refractivity contribution in [3.8, 4) is 0 Å². The fraction of sp³-hybridized carbons (Fsp3) is 0.375. The third kappa shape index (κ3) is 2.09. The summed E-state index contributed by atoms with van der Waals surface area (Å²) >= 11 is 0.915. The highest BCUT2D eigenvalue weighted by Gasteiger charge is 2.35. The van der Waals surface area contributed by atoms with Gasteiger partial charge in [-0.15, -0.1) is 10.2 Å². The van der Waals surface area contributed by atoms with Crippen LogP contribution in [0.15, 0.2) is 0 Å². The summed E-state index contributed by atoms with van der Waals surface area (Å²) in [6, 6.07) is -0.717. The van der Waals surface area contributed by atoms with Gasteiger partial charge in [-0.1, -0.05) is 11.3 Å². The summed E-state index contributed by atoms with van der Waals surface area (Å²) in [4.78, 5) is 35.7. The second kappa shape index (κ2) is 4.09. The fourth-order valence-electron chi connectivity index (χ4n) is 1.41. The van der Waals surface area contributed by atoms with Gasteiger partial charge in [0, 0.05) is 0 Å². The lowest BCUT2D eigenvalue weighted by Gasteiger charge is -2.30. The zero-order chi connectivity index (χ0) is 12.6. The van der Waals surface area contributed by atoms with Crippen molar-refractivity contribution >= 4 is 34.2 Å². The van der Waals surface area contributed by atoms with Gasteiger partial charge in [0.05, 0.1) is 0 Å².